The molecule has 0 radical (unpaired) electrons. The number of carbonyl (C=O) groups is 2. The van der Waals surface area contributed by atoms with Crippen LogP contribution < -0.4 is 10.6 Å². The van der Waals surface area contributed by atoms with Gasteiger partial charge in [-0.15, -0.1) is 0 Å². The van der Waals surface area contributed by atoms with Crippen LogP contribution in [0, 0.1) is 26.7 Å². The van der Waals surface area contributed by atoms with Crippen LogP contribution in [0.25, 0.3) is 5.69 Å². The number of aryl methyl sites for hydroxylation is 3. The second-order valence-corrected chi connectivity index (χ2v) is 7.36. The first-order valence-corrected chi connectivity index (χ1v) is 8.91. The van der Waals surface area contributed by atoms with Gasteiger partial charge in [-0.3, -0.25) is 9.59 Å². The Balaban J connectivity index is 2.32. The van der Waals surface area contributed by atoms with Gasteiger partial charge < -0.3 is 10.6 Å². The van der Waals surface area contributed by atoms with E-state index >= 15 is 0 Å². The summed E-state index contributed by atoms with van der Waals surface area (Å²) in [5.41, 5.74) is 3.72. The minimum atomic E-state index is -0.716. The summed E-state index contributed by atoms with van der Waals surface area (Å²) in [4.78, 5) is 24.2. The predicted octanol–water partition coefficient (Wildman–Crippen LogP) is 3.27. The van der Waals surface area contributed by atoms with Crippen LogP contribution in [-0.4, -0.2) is 28.1 Å². The second-order valence-electron chi connectivity index (χ2n) is 6.56. The fraction of sp³-hybridized carbons (Fsp3) is 0.389. The summed E-state index contributed by atoms with van der Waals surface area (Å²) in [6.45, 7) is 10.2. The maximum absolute atomic E-state index is 12.2. The van der Waals surface area contributed by atoms with E-state index in [1.165, 1.54) is 0 Å². The van der Waals surface area contributed by atoms with Crippen LogP contribution in [0.3, 0.4) is 0 Å². The number of carbonyl (C=O) groups excluding carboxylic acids is 2. The lowest BCUT2D eigenvalue weighted by atomic mass is 10.1. The van der Waals surface area contributed by atoms with E-state index < -0.39 is 11.8 Å². The van der Waals surface area contributed by atoms with Crippen molar-refractivity contribution in [3.8, 4) is 5.69 Å². The molecule has 0 unspecified atom stereocenters. The third kappa shape index (κ3) is 4.69. The maximum Gasteiger partial charge on any atom is 0.314 e. The van der Waals surface area contributed by atoms with Gasteiger partial charge in [-0.2, -0.15) is 5.10 Å². The fourth-order valence-corrected chi connectivity index (χ4v) is 2.76. The van der Waals surface area contributed by atoms with Crippen molar-refractivity contribution < 1.29 is 9.59 Å². The van der Waals surface area contributed by atoms with Gasteiger partial charge in [0.05, 0.1) is 15.9 Å². The van der Waals surface area contributed by atoms with Crippen LogP contribution in [0.2, 0.25) is 0 Å². The van der Waals surface area contributed by atoms with E-state index in [2.05, 4.69) is 37.7 Å². The number of aromatic nitrogens is 2. The molecule has 0 saturated carbocycles. The zero-order valence-corrected chi connectivity index (χ0v) is 16.7. The van der Waals surface area contributed by atoms with Crippen molar-refractivity contribution in [3.63, 3.8) is 0 Å². The Hall–Kier alpha value is -2.15. The monoisotopic (exact) mass is 406 g/mol. The fourth-order valence-electron chi connectivity index (χ4n) is 2.42. The number of hydrogen-bond acceptors (Lipinski definition) is 3. The van der Waals surface area contributed by atoms with Gasteiger partial charge in [-0.05, 0) is 65.9 Å². The smallest absolute Gasteiger partial charge is 0.314 e. The van der Waals surface area contributed by atoms with E-state index in [0.717, 1.165) is 22.5 Å². The molecule has 0 fully saturated rings. The second kappa shape index (κ2) is 7.82. The molecule has 0 aliphatic carbocycles. The van der Waals surface area contributed by atoms with E-state index in [4.69, 9.17) is 0 Å². The Labute approximate surface area is 156 Å². The molecule has 7 heteroatoms. The third-order valence-corrected chi connectivity index (χ3v) is 4.50. The van der Waals surface area contributed by atoms with Crippen LogP contribution in [0.4, 0.5) is 5.82 Å². The summed E-state index contributed by atoms with van der Waals surface area (Å²) in [5.74, 6) is -0.669. The molecule has 0 saturated heterocycles. The molecule has 0 atom stereocenters. The Morgan fingerprint density at radius 2 is 1.72 bits per heavy atom. The Morgan fingerprint density at radius 1 is 1.12 bits per heavy atom. The van der Waals surface area contributed by atoms with Gasteiger partial charge in [0.25, 0.3) is 0 Å². The van der Waals surface area contributed by atoms with Crippen LogP contribution in [0.5, 0.6) is 0 Å². The molecule has 134 valence electrons. The SMILES string of the molecule is Cc1cc(C)cc(-n2nc(C)c(Br)c2NC(=O)C(=O)NCC(C)C)c1. The lowest BCUT2D eigenvalue weighted by Gasteiger charge is -2.12. The molecule has 2 aromatic rings. The minimum Gasteiger partial charge on any atom is -0.348 e. The number of hydrogen-bond donors (Lipinski definition) is 2. The normalized spacial score (nSPS) is 10.8. The highest BCUT2D eigenvalue weighted by atomic mass is 79.9. The largest absolute Gasteiger partial charge is 0.348 e. The van der Waals surface area contributed by atoms with Gasteiger partial charge in [0.15, 0.2) is 5.82 Å². The van der Waals surface area contributed by atoms with Crippen molar-refractivity contribution in [2.75, 3.05) is 11.9 Å². The summed E-state index contributed by atoms with van der Waals surface area (Å²) in [6, 6.07) is 6.01. The minimum absolute atomic E-state index is 0.270. The molecule has 2 rings (SSSR count). The quantitative estimate of drug-likeness (QED) is 0.764. The van der Waals surface area contributed by atoms with Crippen molar-refractivity contribution in [2.24, 2.45) is 5.92 Å². The number of benzene rings is 1. The topological polar surface area (TPSA) is 76.0 Å². The van der Waals surface area contributed by atoms with Crippen LogP contribution in [-0.2, 0) is 9.59 Å². The van der Waals surface area contributed by atoms with Gasteiger partial charge in [0, 0.05) is 6.54 Å². The van der Waals surface area contributed by atoms with Crippen molar-refractivity contribution in [2.45, 2.75) is 34.6 Å². The van der Waals surface area contributed by atoms with Crippen molar-refractivity contribution >= 4 is 33.6 Å². The maximum atomic E-state index is 12.2. The summed E-state index contributed by atoms with van der Waals surface area (Å²) < 4.78 is 2.28. The molecule has 0 aliphatic rings. The number of nitrogens with one attached hydrogen (secondary N) is 2. The first kappa shape index (κ1) is 19.2. The highest BCUT2D eigenvalue weighted by Crippen LogP contribution is 2.29. The molecule has 1 aromatic heterocycles. The number of anilines is 1. The third-order valence-electron chi connectivity index (χ3n) is 3.55. The van der Waals surface area contributed by atoms with Gasteiger partial charge in [0.2, 0.25) is 0 Å². The van der Waals surface area contributed by atoms with Gasteiger partial charge in [0.1, 0.15) is 0 Å². The van der Waals surface area contributed by atoms with Gasteiger partial charge >= 0.3 is 11.8 Å². The first-order valence-electron chi connectivity index (χ1n) is 8.12. The molecule has 1 aromatic carbocycles. The number of halogens is 1. The summed E-state index contributed by atoms with van der Waals surface area (Å²) in [6.07, 6.45) is 0. The molecule has 0 aliphatic heterocycles. The van der Waals surface area contributed by atoms with Gasteiger partial charge in [-0.25, -0.2) is 4.68 Å². The highest BCUT2D eigenvalue weighted by molar-refractivity contribution is 9.10. The molecule has 0 spiro atoms. The summed E-state index contributed by atoms with van der Waals surface area (Å²) >= 11 is 3.45. The number of rotatable bonds is 4. The van der Waals surface area contributed by atoms with Crippen molar-refractivity contribution in [3.05, 3.63) is 39.5 Å². The molecule has 25 heavy (non-hydrogen) atoms. The van der Waals surface area contributed by atoms with E-state index in [1.54, 1.807) is 4.68 Å². The van der Waals surface area contributed by atoms with Crippen LogP contribution in [0.1, 0.15) is 30.7 Å². The average molecular weight is 407 g/mol. The summed E-state index contributed by atoms with van der Waals surface area (Å²) in [7, 11) is 0. The highest BCUT2D eigenvalue weighted by Gasteiger charge is 2.21. The molecular weight excluding hydrogens is 384 g/mol. The van der Waals surface area contributed by atoms with Crippen molar-refractivity contribution in [1.29, 1.82) is 0 Å². The number of amides is 2. The van der Waals surface area contributed by atoms with E-state index in [-0.39, 0.29) is 5.92 Å². The zero-order chi connectivity index (χ0) is 18.7. The summed E-state index contributed by atoms with van der Waals surface area (Å²) in [5, 5.41) is 9.75. The van der Waals surface area contributed by atoms with E-state index in [1.807, 2.05) is 46.8 Å². The molecule has 2 N–H and O–H groups in total. The van der Waals surface area contributed by atoms with Crippen molar-refractivity contribution in [1.82, 2.24) is 15.1 Å². The lowest BCUT2D eigenvalue weighted by molar-refractivity contribution is -0.136. The van der Waals surface area contributed by atoms with Crippen LogP contribution >= 0.6 is 15.9 Å². The number of nitrogens with zero attached hydrogens (tertiary/aromatic N) is 2. The average Bonchev–Trinajstić information content (AvgIpc) is 2.80. The standard InChI is InChI=1S/C18H23BrN4O2/c1-10(2)9-20-17(24)18(25)21-16-15(19)13(5)22-23(16)14-7-11(3)6-12(4)8-14/h6-8,10H,9H2,1-5H3,(H,20,24)(H,21,25). The van der Waals surface area contributed by atoms with E-state index in [0.29, 0.717) is 16.8 Å². The van der Waals surface area contributed by atoms with Crippen LogP contribution in [0.15, 0.2) is 22.7 Å². The molecule has 2 amide bonds. The zero-order valence-electron chi connectivity index (χ0n) is 15.1. The Kier molecular flexibility index (Phi) is 6.00. The Bertz CT molecular complexity index is 791. The van der Waals surface area contributed by atoms with E-state index in [9.17, 15) is 9.59 Å². The lowest BCUT2D eigenvalue weighted by Crippen LogP contribution is -2.37. The molecule has 6 nitrogen and oxygen atoms in total. The Morgan fingerprint density at radius 3 is 2.28 bits per heavy atom. The molecule has 0 bridgehead atoms. The molecular formula is C18H23BrN4O2. The van der Waals surface area contributed by atoms with Gasteiger partial charge in [-0.1, -0.05) is 19.9 Å². The molecule has 1 heterocycles. The first-order chi connectivity index (χ1) is 11.7. The predicted molar refractivity (Wildman–Crippen MR) is 102 cm³/mol.